The Hall–Kier alpha value is -0.610. The van der Waals surface area contributed by atoms with E-state index < -0.39 is 5.60 Å². The largest absolute Gasteiger partial charge is 0.465 e. The Bertz CT molecular complexity index is 237. The Morgan fingerprint density at radius 1 is 1.29 bits per heavy atom. The molecule has 1 N–H and O–H groups in total. The van der Waals surface area contributed by atoms with Crippen molar-refractivity contribution >= 4 is 5.97 Å². The van der Waals surface area contributed by atoms with E-state index >= 15 is 0 Å². The second-order valence-corrected chi connectivity index (χ2v) is 4.89. The fourth-order valence-electron chi connectivity index (χ4n) is 2.45. The van der Waals surface area contributed by atoms with Gasteiger partial charge in [-0.15, -0.1) is 0 Å². The number of nitrogens with zero attached hydrogens (tertiary/aromatic N) is 1. The molecule has 1 aliphatic rings. The minimum absolute atomic E-state index is 0.200. The first-order valence-corrected chi connectivity index (χ1v) is 6.70. The van der Waals surface area contributed by atoms with Crippen molar-refractivity contribution in [1.82, 2.24) is 4.90 Å². The normalized spacial score (nSPS) is 19.3. The second-order valence-electron chi connectivity index (χ2n) is 4.89. The monoisotopic (exact) mass is 243 g/mol. The molecule has 1 aliphatic carbocycles. The van der Waals surface area contributed by atoms with Crippen molar-refractivity contribution < 1.29 is 14.6 Å². The molecule has 0 saturated heterocycles. The van der Waals surface area contributed by atoms with Gasteiger partial charge in [0.25, 0.3) is 0 Å². The van der Waals surface area contributed by atoms with E-state index in [0.29, 0.717) is 13.2 Å². The molecule has 0 bridgehead atoms. The molecule has 0 aromatic rings. The van der Waals surface area contributed by atoms with Crippen LogP contribution in [0.25, 0.3) is 0 Å². The summed E-state index contributed by atoms with van der Waals surface area (Å²) in [5.41, 5.74) is -0.596. The molecule has 0 aromatic heterocycles. The number of likely N-dealkylation sites (N-methyl/N-ethyl adjacent to an activating group) is 1. The van der Waals surface area contributed by atoms with Gasteiger partial charge >= 0.3 is 5.97 Å². The van der Waals surface area contributed by atoms with Gasteiger partial charge in [-0.2, -0.15) is 0 Å². The van der Waals surface area contributed by atoms with E-state index in [2.05, 4.69) is 0 Å². The molecule has 0 heterocycles. The number of esters is 1. The van der Waals surface area contributed by atoms with Gasteiger partial charge in [-0.3, -0.25) is 9.69 Å². The molecule has 0 spiro atoms. The van der Waals surface area contributed by atoms with Gasteiger partial charge in [0, 0.05) is 6.54 Å². The highest BCUT2D eigenvalue weighted by atomic mass is 16.5. The second kappa shape index (κ2) is 6.97. The van der Waals surface area contributed by atoms with Crippen LogP contribution in [0.4, 0.5) is 0 Å². The number of carbonyl (C=O) groups is 1. The van der Waals surface area contributed by atoms with Crippen LogP contribution in [0.3, 0.4) is 0 Å². The van der Waals surface area contributed by atoms with Crippen LogP contribution in [-0.4, -0.2) is 47.8 Å². The number of hydrogen-bond acceptors (Lipinski definition) is 4. The number of rotatable bonds is 6. The maximum Gasteiger partial charge on any atom is 0.320 e. The molecule has 1 rings (SSSR count). The lowest BCUT2D eigenvalue weighted by Crippen LogP contribution is -2.46. The van der Waals surface area contributed by atoms with Crippen LogP contribution in [0.15, 0.2) is 0 Å². The van der Waals surface area contributed by atoms with E-state index in [4.69, 9.17) is 4.74 Å². The van der Waals surface area contributed by atoms with Gasteiger partial charge in [0.15, 0.2) is 0 Å². The van der Waals surface area contributed by atoms with Crippen LogP contribution in [0.2, 0.25) is 0 Å². The lowest BCUT2D eigenvalue weighted by molar-refractivity contribution is -0.145. The minimum Gasteiger partial charge on any atom is -0.465 e. The Kier molecular flexibility index (Phi) is 5.92. The summed E-state index contributed by atoms with van der Waals surface area (Å²) in [6.45, 7) is 5.87. The van der Waals surface area contributed by atoms with Gasteiger partial charge in [-0.25, -0.2) is 0 Å². The van der Waals surface area contributed by atoms with Crippen molar-refractivity contribution in [2.75, 3.05) is 26.2 Å². The third-order valence-electron chi connectivity index (χ3n) is 3.41. The highest BCUT2D eigenvalue weighted by molar-refractivity contribution is 5.71. The molecule has 1 fully saturated rings. The third-order valence-corrected chi connectivity index (χ3v) is 3.41. The molecule has 4 heteroatoms. The molecule has 0 unspecified atom stereocenters. The summed E-state index contributed by atoms with van der Waals surface area (Å²) in [6.07, 6.45) is 5.10. The van der Waals surface area contributed by atoms with Crippen LogP contribution < -0.4 is 0 Å². The highest BCUT2D eigenvalue weighted by Crippen LogP contribution is 2.28. The lowest BCUT2D eigenvalue weighted by Gasteiger charge is -2.36. The minimum atomic E-state index is -0.596. The summed E-state index contributed by atoms with van der Waals surface area (Å²) in [4.78, 5) is 13.4. The Balaban J connectivity index is 2.42. The molecule has 0 atom stereocenters. The van der Waals surface area contributed by atoms with Gasteiger partial charge < -0.3 is 9.84 Å². The molecule has 4 nitrogen and oxygen atoms in total. The van der Waals surface area contributed by atoms with Gasteiger partial charge in [-0.05, 0) is 26.3 Å². The molecule has 0 amide bonds. The van der Waals surface area contributed by atoms with Crippen LogP contribution >= 0.6 is 0 Å². The number of aliphatic hydroxyl groups is 1. The fourth-order valence-corrected chi connectivity index (χ4v) is 2.45. The average Bonchev–Trinajstić information content (AvgIpc) is 2.29. The predicted octanol–water partition coefficient (Wildman–Crippen LogP) is 1.57. The predicted molar refractivity (Wildman–Crippen MR) is 66.8 cm³/mol. The summed E-state index contributed by atoms with van der Waals surface area (Å²) >= 11 is 0. The lowest BCUT2D eigenvalue weighted by atomic mass is 9.84. The third kappa shape index (κ3) is 5.04. The van der Waals surface area contributed by atoms with E-state index in [1.807, 2.05) is 18.7 Å². The zero-order valence-corrected chi connectivity index (χ0v) is 11.1. The van der Waals surface area contributed by atoms with Gasteiger partial charge in [0.2, 0.25) is 0 Å². The topological polar surface area (TPSA) is 49.8 Å². The first-order chi connectivity index (χ1) is 8.09. The number of hydrogen-bond donors (Lipinski definition) is 1. The van der Waals surface area contributed by atoms with Crippen LogP contribution in [0.5, 0.6) is 0 Å². The maximum absolute atomic E-state index is 11.4. The molecule has 0 radical (unpaired) electrons. The smallest absolute Gasteiger partial charge is 0.320 e. The van der Waals surface area contributed by atoms with Crippen molar-refractivity contribution in [3.8, 4) is 0 Å². The molecular formula is C13H25NO3. The molecule has 0 aliphatic heterocycles. The van der Waals surface area contributed by atoms with Crippen molar-refractivity contribution in [3.05, 3.63) is 0 Å². The number of carbonyl (C=O) groups excluding carboxylic acids is 1. The van der Waals surface area contributed by atoms with E-state index in [1.165, 1.54) is 6.42 Å². The Morgan fingerprint density at radius 2 is 1.94 bits per heavy atom. The average molecular weight is 243 g/mol. The standard InChI is InChI=1S/C13H25NO3/c1-3-14(10-12(15)17-4-2)11-13(16)8-6-5-7-9-13/h16H,3-11H2,1-2H3. The van der Waals surface area contributed by atoms with Crippen LogP contribution in [-0.2, 0) is 9.53 Å². The SMILES string of the molecule is CCOC(=O)CN(CC)CC1(O)CCCCC1. The summed E-state index contributed by atoms with van der Waals surface area (Å²) in [6, 6.07) is 0. The first-order valence-electron chi connectivity index (χ1n) is 6.70. The first kappa shape index (κ1) is 14.5. The van der Waals surface area contributed by atoms with Crippen molar-refractivity contribution in [2.45, 2.75) is 51.6 Å². The van der Waals surface area contributed by atoms with E-state index in [0.717, 1.165) is 32.2 Å². The van der Waals surface area contributed by atoms with Crippen molar-refractivity contribution in [1.29, 1.82) is 0 Å². The summed E-state index contributed by atoms with van der Waals surface area (Å²) < 4.78 is 4.93. The quantitative estimate of drug-likeness (QED) is 0.719. The molecule has 17 heavy (non-hydrogen) atoms. The summed E-state index contributed by atoms with van der Waals surface area (Å²) in [5.74, 6) is -0.200. The highest BCUT2D eigenvalue weighted by Gasteiger charge is 2.31. The van der Waals surface area contributed by atoms with Gasteiger partial charge in [0.1, 0.15) is 0 Å². The van der Waals surface area contributed by atoms with E-state index in [-0.39, 0.29) is 12.5 Å². The Labute approximate surface area is 104 Å². The van der Waals surface area contributed by atoms with Crippen molar-refractivity contribution in [3.63, 3.8) is 0 Å². The Morgan fingerprint density at radius 3 is 2.47 bits per heavy atom. The number of ether oxygens (including phenoxy) is 1. The van der Waals surface area contributed by atoms with Crippen molar-refractivity contribution in [2.24, 2.45) is 0 Å². The molecular weight excluding hydrogens is 218 g/mol. The van der Waals surface area contributed by atoms with E-state index in [9.17, 15) is 9.90 Å². The maximum atomic E-state index is 11.4. The zero-order chi connectivity index (χ0) is 12.7. The van der Waals surface area contributed by atoms with Gasteiger partial charge in [-0.1, -0.05) is 26.2 Å². The molecule has 0 aromatic carbocycles. The zero-order valence-electron chi connectivity index (χ0n) is 11.1. The van der Waals surface area contributed by atoms with Crippen LogP contribution in [0, 0.1) is 0 Å². The van der Waals surface area contributed by atoms with Crippen LogP contribution in [0.1, 0.15) is 46.0 Å². The van der Waals surface area contributed by atoms with Gasteiger partial charge in [0.05, 0.1) is 18.8 Å². The molecule has 1 saturated carbocycles. The fraction of sp³-hybridized carbons (Fsp3) is 0.923. The van der Waals surface area contributed by atoms with E-state index in [1.54, 1.807) is 0 Å². The summed E-state index contributed by atoms with van der Waals surface area (Å²) in [5, 5.41) is 10.4. The molecule has 100 valence electrons. The summed E-state index contributed by atoms with van der Waals surface area (Å²) in [7, 11) is 0.